The van der Waals surface area contributed by atoms with Crippen LogP contribution in [0.1, 0.15) is 17.9 Å². The number of hydrogen-bond donors (Lipinski definition) is 0. The molecule has 0 amide bonds. The molecular formula is C10H9NO3. The minimum absolute atomic E-state index is 0.0175. The molecule has 0 aliphatic heterocycles. The standard InChI is InChI=1S/C10H9NO3/c12-6-7-5-9(7)8-3-1-2-4-10(8)11(13)14/h1-4,6-7,9H,5H2/t7-,9+/m1/s1. The molecule has 1 aliphatic rings. The molecule has 0 heterocycles. The van der Waals surface area contributed by atoms with E-state index in [0.29, 0.717) is 5.56 Å². The Hall–Kier alpha value is -1.71. The van der Waals surface area contributed by atoms with E-state index in [-0.39, 0.29) is 17.5 Å². The number of para-hydroxylation sites is 1. The van der Waals surface area contributed by atoms with Gasteiger partial charge < -0.3 is 4.79 Å². The van der Waals surface area contributed by atoms with Gasteiger partial charge in [-0.25, -0.2) is 0 Å². The lowest BCUT2D eigenvalue weighted by Crippen LogP contribution is -1.94. The summed E-state index contributed by atoms with van der Waals surface area (Å²) in [4.78, 5) is 20.7. The lowest BCUT2D eigenvalue weighted by atomic mass is 10.1. The van der Waals surface area contributed by atoms with Gasteiger partial charge in [0.1, 0.15) is 6.29 Å². The highest BCUT2D eigenvalue weighted by Crippen LogP contribution is 2.48. The van der Waals surface area contributed by atoms with E-state index in [9.17, 15) is 14.9 Å². The molecule has 4 nitrogen and oxygen atoms in total. The van der Waals surface area contributed by atoms with Crippen LogP contribution in [0.5, 0.6) is 0 Å². The Morgan fingerprint density at radius 1 is 1.43 bits per heavy atom. The van der Waals surface area contributed by atoms with Crippen molar-refractivity contribution in [2.45, 2.75) is 12.3 Å². The van der Waals surface area contributed by atoms with Crippen LogP contribution >= 0.6 is 0 Å². The van der Waals surface area contributed by atoms with Gasteiger partial charge in [-0.3, -0.25) is 10.1 Å². The normalized spacial score (nSPS) is 24.3. The van der Waals surface area contributed by atoms with Crippen LogP contribution in [0.15, 0.2) is 24.3 Å². The van der Waals surface area contributed by atoms with Gasteiger partial charge in [-0.15, -0.1) is 0 Å². The fraction of sp³-hybridized carbons (Fsp3) is 0.300. The Morgan fingerprint density at radius 2 is 2.14 bits per heavy atom. The molecule has 4 heteroatoms. The number of benzene rings is 1. The number of nitro groups is 1. The molecule has 0 spiro atoms. The van der Waals surface area contributed by atoms with Crippen LogP contribution in [0.3, 0.4) is 0 Å². The zero-order valence-corrected chi connectivity index (χ0v) is 7.42. The summed E-state index contributed by atoms with van der Waals surface area (Å²) in [5, 5.41) is 10.7. The summed E-state index contributed by atoms with van der Waals surface area (Å²) in [6, 6.07) is 6.62. The molecule has 0 aromatic heterocycles. The number of hydrogen-bond acceptors (Lipinski definition) is 3. The predicted molar refractivity (Wildman–Crippen MR) is 50.0 cm³/mol. The second-order valence-electron chi connectivity index (χ2n) is 3.46. The van der Waals surface area contributed by atoms with Crippen molar-refractivity contribution in [1.82, 2.24) is 0 Å². The third-order valence-electron chi connectivity index (χ3n) is 2.55. The Bertz CT molecular complexity index is 389. The number of aldehydes is 1. The highest BCUT2D eigenvalue weighted by Gasteiger charge is 2.41. The summed E-state index contributed by atoms with van der Waals surface area (Å²) in [6.45, 7) is 0. The Kier molecular flexibility index (Phi) is 2.04. The van der Waals surface area contributed by atoms with Crippen LogP contribution in [0.4, 0.5) is 5.69 Å². The van der Waals surface area contributed by atoms with E-state index in [1.807, 2.05) is 0 Å². The Morgan fingerprint density at radius 3 is 2.71 bits per heavy atom. The third kappa shape index (κ3) is 1.39. The molecule has 0 saturated heterocycles. The van der Waals surface area contributed by atoms with Crippen LogP contribution in [0.2, 0.25) is 0 Å². The van der Waals surface area contributed by atoms with Gasteiger partial charge in [0.25, 0.3) is 5.69 Å². The molecule has 1 aromatic rings. The van der Waals surface area contributed by atoms with Crippen LogP contribution in [0, 0.1) is 16.0 Å². The van der Waals surface area contributed by atoms with Gasteiger partial charge in [-0.2, -0.15) is 0 Å². The third-order valence-corrected chi connectivity index (χ3v) is 2.55. The van der Waals surface area contributed by atoms with Gasteiger partial charge in [0.05, 0.1) is 4.92 Å². The second-order valence-corrected chi connectivity index (χ2v) is 3.46. The van der Waals surface area contributed by atoms with E-state index >= 15 is 0 Å². The molecule has 14 heavy (non-hydrogen) atoms. The summed E-state index contributed by atoms with van der Waals surface area (Å²) >= 11 is 0. The molecule has 1 aliphatic carbocycles. The van der Waals surface area contributed by atoms with E-state index in [1.54, 1.807) is 18.2 Å². The first-order valence-corrected chi connectivity index (χ1v) is 4.42. The average Bonchev–Trinajstić information content (AvgIpc) is 2.96. The van der Waals surface area contributed by atoms with Gasteiger partial charge in [0, 0.05) is 23.5 Å². The van der Waals surface area contributed by atoms with Gasteiger partial charge in [0.2, 0.25) is 0 Å². The summed E-state index contributed by atoms with van der Waals surface area (Å²) in [5.74, 6) is 0.0465. The molecule has 1 fully saturated rings. The van der Waals surface area contributed by atoms with Crippen molar-refractivity contribution >= 4 is 12.0 Å². The minimum Gasteiger partial charge on any atom is -0.303 e. The van der Waals surface area contributed by atoms with Crippen LogP contribution in [-0.4, -0.2) is 11.2 Å². The number of carbonyl (C=O) groups is 1. The highest BCUT2D eigenvalue weighted by atomic mass is 16.6. The van der Waals surface area contributed by atoms with Gasteiger partial charge in [-0.1, -0.05) is 18.2 Å². The first-order valence-electron chi connectivity index (χ1n) is 4.42. The fourth-order valence-corrected chi connectivity index (χ4v) is 1.69. The van der Waals surface area contributed by atoms with Crippen molar-refractivity contribution in [3.63, 3.8) is 0 Å². The zero-order valence-electron chi connectivity index (χ0n) is 7.42. The summed E-state index contributed by atoms with van der Waals surface area (Å²) in [6.07, 6.45) is 1.62. The number of rotatable bonds is 3. The van der Waals surface area contributed by atoms with Crippen LogP contribution in [-0.2, 0) is 4.79 Å². The van der Waals surface area contributed by atoms with Gasteiger partial charge in [0.15, 0.2) is 0 Å². The van der Waals surface area contributed by atoms with E-state index in [0.717, 1.165) is 12.7 Å². The summed E-state index contributed by atoms with van der Waals surface area (Å²) in [7, 11) is 0. The first-order chi connectivity index (χ1) is 6.74. The summed E-state index contributed by atoms with van der Waals surface area (Å²) < 4.78 is 0. The first kappa shape index (κ1) is 8.87. The van der Waals surface area contributed by atoms with Crippen molar-refractivity contribution in [3.05, 3.63) is 39.9 Å². The molecule has 2 rings (SSSR count). The van der Waals surface area contributed by atoms with Crippen molar-refractivity contribution in [3.8, 4) is 0 Å². The number of carbonyl (C=O) groups excluding carboxylic acids is 1. The van der Waals surface area contributed by atoms with Crippen molar-refractivity contribution in [1.29, 1.82) is 0 Å². The Balaban J connectivity index is 2.34. The highest BCUT2D eigenvalue weighted by molar-refractivity contribution is 5.63. The fourth-order valence-electron chi connectivity index (χ4n) is 1.69. The van der Waals surface area contributed by atoms with E-state index in [4.69, 9.17) is 0 Å². The van der Waals surface area contributed by atoms with Gasteiger partial charge in [-0.05, 0) is 6.42 Å². The molecule has 1 saturated carbocycles. The summed E-state index contributed by atoms with van der Waals surface area (Å²) in [5.41, 5.74) is 0.816. The molecular weight excluding hydrogens is 182 g/mol. The molecule has 72 valence electrons. The van der Waals surface area contributed by atoms with Crippen molar-refractivity contribution < 1.29 is 9.72 Å². The number of nitrogens with zero attached hydrogens (tertiary/aromatic N) is 1. The van der Waals surface area contributed by atoms with E-state index in [1.165, 1.54) is 6.07 Å². The molecule has 0 bridgehead atoms. The predicted octanol–water partition coefficient (Wildman–Crippen LogP) is 1.90. The molecule has 2 atom stereocenters. The molecule has 1 aromatic carbocycles. The lowest BCUT2D eigenvalue weighted by Gasteiger charge is -1.99. The second kappa shape index (κ2) is 3.21. The quantitative estimate of drug-likeness (QED) is 0.416. The minimum atomic E-state index is -0.393. The largest absolute Gasteiger partial charge is 0.303 e. The van der Waals surface area contributed by atoms with Crippen LogP contribution in [0.25, 0.3) is 0 Å². The monoisotopic (exact) mass is 191 g/mol. The maximum atomic E-state index is 10.7. The zero-order chi connectivity index (χ0) is 10.1. The topological polar surface area (TPSA) is 60.2 Å². The van der Waals surface area contributed by atoms with Gasteiger partial charge >= 0.3 is 0 Å². The van der Waals surface area contributed by atoms with Crippen molar-refractivity contribution in [2.24, 2.45) is 5.92 Å². The SMILES string of the molecule is O=C[C@H]1C[C@@H]1c1ccccc1[N+](=O)[O-]. The van der Waals surface area contributed by atoms with E-state index in [2.05, 4.69) is 0 Å². The van der Waals surface area contributed by atoms with Crippen LogP contribution < -0.4 is 0 Å². The molecule has 0 unspecified atom stereocenters. The maximum absolute atomic E-state index is 10.7. The smallest absolute Gasteiger partial charge is 0.272 e. The average molecular weight is 191 g/mol. The number of nitro benzene ring substituents is 1. The maximum Gasteiger partial charge on any atom is 0.272 e. The van der Waals surface area contributed by atoms with E-state index < -0.39 is 4.92 Å². The Labute approximate surface area is 80.7 Å². The molecule has 0 N–H and O–H groups in total. The van der Waals surface area contributed by atoms with Crippen molar-refractivity contribution in [2.75, 3.05) is 0 Å². The lowest BCUT2D eigenvalue weighted by molar-refractivity contribution is -0.385. The molecule has 0 radical (unpaired) electrons.